The van der Waals surface area contributed by atoms with E-state index in [0.717, 1.165) is 11.1 Å². The van der Waals surface area contributed by atoms with Gasteiger partial charge in [0.1, 0.15) is 5.82 Å². The molecule has 1 aromatic carbocycles. The molecule has 1 atom stereocenters. The molecular formula is C16H21FN4. The van der Waals surface area contributed by atoms with Crippen molar-refractivity contribution >= 4 is 5.69 Å². The van der Waals surface area contributed by atoms with Gasteiger partial charge in [-0.1, -0.05) is 26.0 Å². The predicted octanol–water partition coefficient (Wildman–Crippen LogP) is 2.16. The molecule has 1 aromatic heterocycles. The van der Waals surface area contributed by atoms with Crippen molar-refractivity contribution < 1.29 is 4.39 Å². The maximum absolute atomic E-state index is 13.1. The summed E-state index contributed by atoms with van der Waals surface area (Å²) in [6.45, 7) is 4.13. The minimum Gasteiger partial charge on any atom is -0.398 e. The summed E-state index contributed by atoms with van der Waals surface area (Å²) in [7, 11) is 0. The highest BCUT2D eigenvalue weighted by Crippen LogP contribution is 2.29. The van der Waals surface area contributed by atoms with Gasteiger partial charge in [-0.2, -0.15) is 0 Å². The topological polar surface area (TPSA) is 77.0 Å². The van der Waals surface area contributed by atoms with Crippen molar-refractivity contribution in [2.45, 2.75) is 31.7 Å². The predicted molar refractivity (Wildman–Crippen MR) is 82.9 cm³/mol. The van der Waals surface area contributed by atoms with Gasteiger partial charge in [0.25, 0.3) is 0 Å². The van der Waals surface area contributed by atoms with E-state index >= 15 is 0 Å². The lowest BCUT2D eigenvalue weighted by molar-refractivity contribution is 0.341. The van der Waals surface area contributed by atoms with E-state index in [0.29, 0.717) is 12.1 Å². The highest BCUT2D eigenvalue weighted by atomic mass is 19.1. The molecule has 0 aliphatic rings. The first kappa shape index (κ1) is 15.4. The zero-order valence-corrected chi connectivity index (χ0v) is 12.3. The molecule has 1 unspecified atom stereocenters. The largest absolute Gasteiger partial charge is 0.398 e. The fourth-order valence-electron chi connectivity index (χ4n) is 2.43. The number of aromatic nitrogens is 1. The fourth-order valence-corrected chi connectivity index (χ4v) is 2.43. The van der Waals surface area contributed by atoms with Crippen LogP contribution in [0.2, 0.25) is 0 Å². The SMILES string of the molecule is CC(C)(c1ccc(F)cc1)C(Cc1cnccc1N)NN. The number of benzene rings is 1. The molecule has 2 aromatic rings. The van der Waals surface area contributed by atoms with E-state index in [2.05, 4.69) is 24.3 Å². The van der Waals surface area contributed by atoms with Gasteiger partial charge in [-0.25, -0.2) is 4.39 Å². The number of nitrogens with two attached hydrogens (primary N) is 2. The Hall–Kier alpha value is -1.98. The Labute approximate surface area is 124 Å². The molecule has 0 saturated heterocycles. The van der Waals surface area contributed by atoms with Gasteiger partial charge in [0.05, 0.1) is 0 Å². The molecule has 5 N–H and O–H groups in total. The van der Waals surface area contributed by atoms with Gasteiger partial charge in [0.2, 0.25) is 0 Å². The summed E-state index contributed by atoms with van der Waals surface area (Å²) in [4.78, 5) is 4.10. The number of hydrazine groups is 1. The Morgan fingerprint density at radius 2 is 1.90 bits per heavy atom. The van der Waals surface area contributed by atoms with E-state index in [1.165, 1.54) is 12.1 Å². The van der Waals surface area contributed by atoms with Gasteiger partial charge >= 0.3 is 0 Å². The minimum atomic E-state index is -0.287. The number of halogens is 1. The first-order valence-corrected chi connectivity index (χ1v) is 6.85. The molecule has 5 heteroatoms. The molecule has 4 nitrogen and oxygen atoms in total. The molecule has 2 rings (SSSR count). The number of nitrogens with zero attached hydrogens (tertiary/aromatic N) is 1. The van der Waals surface area contributed by atoms with E-state index in [-0.39, 0.29) is 17.3 Å². The summed E-state index contributed by atoms with van der Waals surface area (Å²) >= 11 is 0. The lowest BCUT2D eigenvalue weighted by atomic mass is 9.75. The second kappa shape index (κ2) is 6.20. The molecule has 112 valence electrons. The third-order valence-corrected chi connectivity index (χ3v) is 4.03. The monoisotopic (exact) mass is 288 g/mol. The molecule has 0 spiro atoms. The summed E-state index contributed by atoms with van der Waals surface area (Å²) in [5.41, 5.74) is 11.2. The van der Waals surface area contributed by atoms with E-state index < -0.39 is 0 Å². The molecule has 1 heterocycles. The Bertz CT molecular complexity index is 595. The van der Waals surface area contributed by atoms with Crippen LogP contribution in [0.1, 0.15) is 25.0 Å². The Kier molecular flexibility index (Phi) is 4.55. The van der Waals surface area contributed by atoms with Gasteiger partial charge in [-0.15, -0.1) is 0 Å². The van der Waals surface area contributed by atoms with E-state index in [1.807, 2.05) is 0 Å². The first-order valence-electron chi connectivity index (χ1n) is 6.85. The molecule has 0 amide bonds. The molecule has 0 saturated carbocycles. The van der Waals surface area contributed by atoms with Crippen molar-refractivity contribution in [3.8, 4) is 0 Å². The standard InChI is InChI=1S/C16H21FN4/c1-16(2,12-3-5-13(17)6-4-12)15(21-19)9-11-10-20-8-7-14(11)18/h3-8,10,15,21H,9,19H2,1-2H3,(H2,18,20). The Morgan fingerprint density at radius 3 is 2.48 bits per heavy atom. The molecule has 0 aliphatic carbocycles. The van der Waals surface area contributed by atoms with Gasteiger partial charge in [0.15, 0.2) is 0 Å². The zero-order valence-electron chi connectivity index (χ0n) is 12.3. The number of hydrogen-bond acceptors (Lipinski definition) is 4. The van der Waals surface area contributed by atoms with Crippen LogP contribution in [0.3, 0.4) is 0 Å². The summed E-state index contributed by atoms with van der Waals surface area (Å²) in [5, 5.41) is 0. The number of pyridine rings is 1. The van der Waals surface area contributed by atoms with Crippen LogP contribution >= 0.6 is 0 Å². The first-order chi connectivity index (χ1) is 9.95. The number of nitrogen functional groups attached to an aromatic ring is 1. The maximum atomic E-state index is 13.1. The van der Waals surface area contributed by atoms with Crippen LogP contribution < -0.4 is 17.0 Å². The van der Waals surface area contributed by atoms with Crippen molar-refractivity contribution in [2.75, 3.05) is 5.73 Å². The molecule has 0 bridgehead atoms. The number of anilines is 1. The van der Waals surface area contributed by atoms with Crippen molar-refractivity contribution in [3.05, 3.63) is 59.7 Å². The molecule has 0 fully saturated rings. The van der Waals surface area contributed by atoms with Crippen molar-refractivity contribution in [2.24, 2.45) is 5.84 Å². The van der Waals surface area contributed by atoms with Crippen LogP contribution in [0, 0.1) is 5.82 Å². The average molecular weight is 288 g/mol. The lowest BCUT2D eigenvalue weighted by Crippen LogP contribution is -2.49. The highest BCUT2D eigenvalue weighted by Gasteiger charge is 2.31. The van der Waals surface area contributed by atoms with E-state index in [1.54, 1.807) is 30.6 Å². The number of rotatable bonds is 5. The van der Waals surface area contributed by atoms with Crippen LogP contribution in [0.5, 0.6) is 0 Å². The van der Waals surface area contributed by atoms with Gasteiger partial charge in [-0.3, -0.25) is 16.3 Å². The molecule has 0 radical (unpaired) electrons. The third-order valence-electron chi connectivity index (χ3n) is 4.03. The average Bonchev–Trinajstić information content (AvgIpc) is 2.46. The summed E-state index contributed by atoms with van der Waals surface area (Å²) in [5.74, 6) is 5.49. The normalized spacial score (nSPS) is 13.1. The molecular weight excluding hydrogens is 267 g/mol. The summed E-state index contributed by atoms with van der Waals surface area (Å²) < 4.78 is 13.1. The van der Waals surface area contributed by atoms with Crippen molar-refractivity contribution in [1.29, 1.82) is 0 Å². The minimum absolute atomic E-state index is 0.0607. The van der Waals surface area contributed by atoms with Crippen molar-refractivity contribution in [1.82, 2.24) is 10.4 Å². The highest BCUT2D eigenvalue weighted by molar-refractivity contribution is 5.45. The number of hydrogen-bond donors (Lipinski definition) is 3. The quantitative estimate of drug-likeness (QED) is 0.582. The van der Waals surface area contributed by atoms with Crippen molar-refractivity contribution in [3.63, 3.8) is 0 Å². The Balaban J connectivity index is 2.27. The lowest BCUT2D eigenvalue weighted by Gasteiger charge is -2.34. The Morgan fingerprint density at radius 1 is 1.24 bits per heavy atom. The summed E-state index contributed by atoms with van der Waals surface area (Å²) in [6.07, 6.45) is 4.05. The fraction of sp³-hybridized carbons (Fsp3) is 0.312. The van der Waals surface area contributed by atoms with Gasteiger partial charge < -0.3 is 5.73 Å². The molecule has 21 heavy (non-hydrogen) atoms. The zero-order chi connectivity index (χ0) is 15.5. The second-order valence-electron chi connectivity index (χ2n) is 5.73. The van der Waals surface area contributed by atoms with E-state index in [4.69, 9.17) is 11.6 Å². The van der Waals surface area contributed by atoms with Gasteiger partial charge in [0, 0.05) is 29.5 Å². The van der Waals surface area contributed by atoms with Crippen LogP contribution in [0.4, 0.5) is 10.1 Å². The third kappa shape index (κ3) is 3.37. The second-order valence-corrected chi connectivity index (χ2v) is 5.73. The van der Waals surface area contributed by atoms with Crippen LogP contribution in [-0.2, 0) is 11.8 Å². The maximum Gasteiger partial charge on any atom is 0.123 e. The van der Waals surface area contributed by atoms with Gasteiger partial charge in [-0.05, 0) is 35.7 Å². The van der Waals surface area contributed by atoms with Crippen LogP contribution in [-0.4, -0.2) is 11.0 Å². The van der Waals surface area contributed by atoms with E-state index in [9.17, 15) is 4.39 Å². The smallest absolute Gasteiger partial charge is 0.123 e. The van der Waals surface area contributed by atoms with Crippen LogP contribution in [0.15, 0.2) is 42.7 Å². The summed E-state index contributed by atoms with van der Waals surface area (Å²) in [6, 6.07) is 8.20. The molecule has 0 aliphatic heterocycles. The number of nitrogens with one attached hydrogen (secondary N) is 1. The van der Waals surface area contributed by atoms with Crippen LogP contribution in [0.25, 0.3) is 0 Å².